The normalized spacial score (nSPS) is 13.8. The van der Waals surface area contributed by atoms with E-state index in [2.05, 4.69) is 11.6 Å². The van der Waals surface area contributed by atoms with Crippen molar-refractivity contribution < 1.29 is 5.11 Å². The monoisotopic (exact) mass is 166 g/mol. The number of rotatable bonds is 3. The molecule has 0 radical (unpaired) electrons. The number of hydrogen-bond acceptors (Lipinski definition) is 2. The standard InChI is InChI=1S/C9H14N2O/c1-4-8(9(10)11-3)6-5-7(2)12/h4-6,12H,2H2,1,3H3,(H2,10,11)/b6-5-,8-4+. The van der Waals surface area contributed by atoms with Crippen LogP contribution in [0, 0.1) is 0 Å². The molecule has 3 N–H and O–H groups in total. The van der Waals surface area contributed by atoms with Gasteiger partial charge >= 0.3 is 0 Å². The summed E-state index contributed by atoms with van der Waals surface area (Å²) in [7, 11) is 1.61. The minimum atomic E-state index is -0.00162. The second-order valence-corrected chi connectivity index (χ2v) is 2.18. The Kier molecular flexibility index (Phi) is 4.53. The van der Waals surface area contributed by atoms with E-state index in [9.17, 15) is 0 Å². The fraction of sp³-hybridized carbons (Fsp3) is 0.222. The van der Waals surface area contributed by atoms with E-state index < -0.39 is 0 Å². The highest BCUT2D eigenvalue weighted by molar-refractivity contribution is 5.99. The largest absolute Gasteiger partial charge is 0.509 e. The van der Waals surface area contributed by atoms with Crippen LogP contribution in [0.1, 0.15) is 6.92 Å². The van der Waals surface area contributed by atoms with Crippen molar-refractivity contribution in [2.75, 3.05) is 7.05 Å². The molecule has 0 bridgehead atoms. The first kappa shape index (κ1) is 10.5. The number of allylic oxidation sites excluding steroid dienone is 2. The number of nitrogens with two attached hydrogens (primary N) is 1. The molecule has 12 heavy (non-hydrogen) atoms. The predicted molar refractivity (Wildman–Crippen MR) is 52.2 cm³/mol. The molecule has 0 amide bonds. The van der Waals surface area contributed by atoms with Gasteiger partial charge in [-0.1, -0.05) is 12.7 Å². The zero-order valence-electron chi connectivity index (χ0n) is 7.41. The Morgan fingerprint density at radius 1 is 1.50 bits per heavy atom. The van der Waals surface area contributed by atoms with Crippen LogP contribution in [0.5, 0.6) is 0 Å². The van der Waals surface area contributed by atoms with E-state index in [1.54, 1.807) is 13.1 Å². The molecular weight excluding hydrogens is 152 g/mol. The molecule has 3 nitrogen and oxygen atoms in total. The summed E-state index contributed by atoms with van der Waals surface area (Å²) in [5.74, 6) is 0.438. The van der Waals surface area contributed by atoms with Crippen LogP contribution in [-0.4, -0.2) is 18.0 Å². The summed E-state index contributed by atoms with van der Waals surface area (Å²) in [5, 5.41) is 8.76. The third kappa shape index (κ3) is 3.61. The number of amidine groups is 1. The Hall–Kier alpha value is -1.51. The van der Waals surface area contributed by atoms with Crippen LogP contribution in [0.25, 0.3) is 0 Å². The second-order valence-electron chi connectivity index (χ2n) is 2.18. The topological polar surface area (TPSA) is 58.6 Å². The maximum absolute atomic E-state index is 8.76. The molecule has 0 saturated heterocycles. The Morgan fingerprint density at radius 2 is 2.08 bits per heavy atom. The van der Waals surface area contributed by atoms with Crippen molar-refractivity contribution in [2.45, 2.75) is 6.92 Å². The van der Waals surface area contributed by atoms with Crippen molar-refractivity contribution in [3.63, 3.8) is 0 Å². The number of aliphatic hydroxyl groups excluding tert-OH is 1. The lowest BCUT2D eigenvalue weighted by molar-refractivity contribution is 0.435. The third-order valence-electron chi connectivity index (χ3n) is 1.30. The highest BCUT2D eigenvalue weighted by Crippen LogP contribution is 1.98. The third-order valence-corrected chi connectivity index (χ3v) is 1.30. The minimum Gasteiger partial charge on any atom is -0.509 e. The number of hydrogen-bond donors (Lipinski definition) is 2. The van der Waals surface area contributed by atoms with Gasteiger partial charge in [-0.2, -0.15) is 0 Å². The molecule has 0 saturated carbocycles. The summed E-state index contributed by atoms with van der Waals surface area (Å²) in [6, 6.07) is 0. The van der Waals surface area contributed by atoms with Gasteiger partial charge in [0.05, 0.1) is 0 Å². The Balaban J connectivity index is 4.52. The van der Waals surface area contributed by atoms with E-state index >= 15 is 0 Å². The summed E-state index contributed by atoms with van der Waals surface area (Å²) in [6.07, 6.45) is 4.93. The van der Waals surface area contributed by atoms with E-state index in [1.165, 1.54) is 6.08 Å². The fourth-order valence-electron chi connectivity index (χ4n) is 0.645. The first-order valence-electron chi connectivity index (χ1n) is 3.56. The molecule has 0 heterocycles. The van der Waals surface area contributed by atoms with Gasteiger partial charge in [-0.3, -0.25) is 4.99 Å². The van der Waals surface area contributed by atoms with Gasteiger partial charge in [-0.05, 0) is 19.1 Å². The van der Waals surface area contributed by atoms with E-state index in [1.807, 2.05) is 13.0 Å². The lowest BCUT2D eigenvalue weighted by Crippen LogP contribution is -2.13. The molecule has 0 aromatic carbocycles. The number of nitrogens with zero attached hydrogens (tertiary/aromatic N) is 1. The van der Waals surface area contributed by atoms with E-state index in [-0.39, 0.29) is 5.76 Å². The zero-order valence-corrected chi connectivity index (χ0v) is 7.41. The van der Waals surface area contributed by atoms with Crippen LogP contribution in [0.3, 0.4) is 0 Å². The highest BCUT2D eigenvalue weighted by atomic mass is 16.3. The molecule has 0 fully saturated rings. The fourth-order valence-corrected chi connectivity index (χ4v) is 0.645. The maximum atomic E-state index is 8.76. The molecular formula is C9H14N2O. The van der Waals surface area contributed by atoms with Crippen molar-refractivity contribution in [3.8, 4) is 0 Å². The van der Waals surface area contributed by atoms with Gasteiger partial charge in [0, 0.05) is 12.6 Å². The van der Waals surface area contributed by atoms with Crippen LogP contribution < -0.4 is 5.73 Å². The van der Waals surface area contributed by atoms with Gasteiger partial charge in [-0.25, -0.2) is 0 Å². The molecule has 66 valence electrons. The van der Waals surface area contributed by atoms with E-state index in [0.717, 1.165) is 5.57 Å². The summed E-state index contributed by atoms with van der Waals surface area (Å²) in [6.45, 7) is 5.15. The zero-order chi connectivity index (χ0) is 9.56. The van der Waals surface area contributed by atoms with Gasteiger partial charge < -0.3 is 10.8 Å². The molecule has 0 spiro atoms. The van der Waals surface area contributed by atoms with Crippen LogP contribution >= 0.6 is 0 Å². The first-order valence-corrected chi connectivity index (χ1v) is 3.56. The van der Waals surface area contributed by atoms with Gasteiger partial charge in [0.15, 0.2) is 0 Å². The Morgan fingerprint density at radius 3 is 2.42 bits per heavy atom. The summed E-state index contributed by atoms with van der Waals surface area (Å²) >= 11 is 0. The van der Waals surface area contributed by atoms with Gasteiger partial charge in [0.2, 0.25) is 0 Å². The van der Waals surface area contributed by atoms with Crippen LogP contribution in [0.2, 0.25) is 0 Å². The van der Waals surface area contributed by atoms with Gasteiger partial charge in [0.25, 0.3) is 0 Å². The van der Waals surface area contributed by atoms with Crippen molar-refractivity contribution in [2.24, 2.45) is 10.7 Å². The van der Waals surface area contributed by atoms with Gasteiger partial charge in [0.1, 0.15) is 11.6 Å². The van der Waals surface area contributed by atoms with E-state index in [0.29, 0.717) is 5.84 Å². The van der Waals surface area contributed by atoms with Crippen LogP contribution in [0.4, 0.5) is 0 Å². The smallest absolute Gasteiger partial charge is 0.125 e. The average molecular weight is 166 g/mol. The molecule has 0 rings (SSSR count). The maximum Gasteiger partial charge on any atom is 0.125 e. The lowest BCUT2D eigenvalue weighted by atomic mass is 10.2. The second kappa shape index (κ2) is 5.18. The Labute approximate surface area is 72.6 Å². The SMILES string of the molecule is C=C(O)/C=C\C(=C/C)C(N)=NC. The highest BCUT2D eigenvalue weighted by Gasteiger charge is 1.94. The summed E-state index contributed by atoms with van der Waals surface area (Å²) < 4.78 is 0. The van der Waals surface area contributed by atoms with E-state index in [4.69, 9.17) is 10.8 Å². The molecule has 0 unspecified atom stereocenters. The number of aliphatic imine (C=N–C) groups is 1. The average Bonchev–Trinajstić information content (AvgIpc) is 2.04. The quantitative estimate of drug-likeness (QED) is 0.289. The molecule has 0 aliphatic heterocycles. The van der Waals surface area contributed by atoms with Crippen molar-refractivity contribution in [1.29, 1.82) is 0 Å². The summed E-state index contributed by atoms with van der Waals surface area (Å²) in [4.78, 5) is 3.80. The van der Waals surface area contributed by atoms with Gasteiger partial charge in [-0.15, -0.1) is 0 Å². The predicted octanol–water partition coefficient (Wildman–Crippen LogP) is 1.55. The number of aliphatic hydroxyl groups is 1. The lowest BCUT2D eigenvalue weighted by Gasteiger charge is -1.98. The van der Waals surface area contributed by atoms with Crippen molar-refractivity contribution in [3.05, 3.63) is 36.1 Å². The van der Waals surface area contributed by atoms with Crippen LogP contribution in [0.15, 0.2) is 41.1 Å². The van der Waals surface area contributed by atoms with Crippen molar-refractivity contribution >= 4 is 5.84 Å². The molecule has 0 aromatic rings. The summed E-state index contributed by atoms with van der Waals surface area (Å²) in [5.41, 5.74) is 6.30. The molecule has 0 aromatic heterocycles. The molecule has 0 aliphatic rings. The molecule has 0 atom stereocenters. The Bertz CT molecular complexity index is 249. The molecule has 3 heteroatoms. The molecule has 0 aliphatic carbocycles. The first-order chi connectivity index (χ1) is 5.61. The minimum absolute atomic E-state index is 0.00162. The van der Waals surface area contributed by atoms with Crippen LogP contribution in [-0.2, 0) is 0 Å². The van der Waals surface area contributed by atoms with Crippen molar-refractivity contribution in [1.82, 2.24) is 0 Å².